The van der Waals surface area contributed by atoms with E-state index in [4.69, 9.17) is 41.7 Å². The van der Waals surface area contributed by atoms with E-state index in [9.17, 15) is 14.4 Å². The molecule has 85 heavy (non-hydrogen) atoms. The molecule has 0 spiro atoms. The quantitative estimate of drug-likeness (QED) is 0.0300. The highest BCUT2D eigenvalue weighted by Crippen LogP contribution is 2.48. The lowest BCUT2D eigenvalue weighted by atomic mass is 9.80. The Morgan fingerprint density at radius 2 is 1.36 bits per heavy atom. The topological polar surface area (TPSA) is 155 Å². The second-order valence-electron chi connectivity index (χ2n) is 30.5. The Bertz CT molecular complexity index is 2520. The summed E-state index contributed by atoms with van der Waals surface area (Å²) >= 11 is 2.29. The fourth-order valence-electron chi connectivity index (χ4n) is 13.0. The highest BCUT2D eigenvalue weighted by molar-refractivity contribution is 14.1. The number of carbonyl (C=O) groups excluding carboxylic acids is 4. The van der Waals surface area contributed by atoms with Gasteiger partial charge in [-0.05, 0) is 139 Å². The fourth-order valence-corrected chi connectivity index (χ4v) is 17.4. The number of aldehydes is 1. The average Bonchev–Trinajstić information content (AvgIpc) is 1.93. The predicted octanol–water partition coefficient (Wildman–Crippen LogP) is 14.7. The number of rotatable bonds is 25. The maximum Gasteiger partial charge on any atom is 0.261 e. The molecule has 0 saturated carbocycles. The molecule has 5 saturated heterocycles. The van der Waals surface area contributed by atoms with Crippen LogP contribution >= 0.6 is 22.6 Å². The molecule has 2 amide bonds. The van der Waals surface area contributed by atoms with Crippen LogP contribution in [0.1, 0.15) is 174 Å². The summed E-state index contributed by atoms with van der Waals surface area (Å²) in [6, 6.07) is 6.97. The van der Waals surface area contributed by atoms with E-state index in [0.29, 0.717) is 43.2 Å². The second kappa shape index (κ2) is 28.2. The van der Waals surface area contributed by atoms with Crippen LogP contribution in [0.4, 0.5) is 0 Å². The third kappa shape index (κ3) is 16.5. The Kier molecular flexibility index (Phi) is 23.4. The van der Waals surface area contributed by atoms with E-state index in [1.807, 2.05) is 4.08 Å². The Labute approximate surface area is 528 Å². The van der Waals surface area contributed by atoms with Crippen LogP contribution in [-0.4, -0.2) is 153 Å². The van der Waals surface area contributed by atoms with E-state index in [-0.39, 0.29) is 131 Å². The number of amides is 2. The average molecular weight is 1350 g/mol. The van der Waals surface area contributed by atoms with Crippen molar-refractivity contribution in [3.8, 4) is 0 Å². The van der Waals surface area contributed by atoms with Gasteiger partial charge in [-0.2, -0.15) is 0 Å². The molecule has 5 unspecified atom stereocenters. The van der Waals surface area contributed by atoms with E-state index >= 15 is 4.79 Å². The SMILES string of the molecule is C=C1C[C@H](CCC=O)OC1CC[C@H]1C[C@@H](C)C(=C)C(C[C@@H]2OC(C[C@@H](CN3C(=O)c4ccccc4C3=O)O[Si](C)(C)C(C)(C)C)[C@H](OC)[C@H]2CC(=O)CC2CC[C@@H]3OC([C@H](/C=C/I)O[Si](C)(C)C(C)(C)C)[C@@H](O[Si](C)(C)C(C)(C)C)[C@@H](C)[C@H]3O2)O1. The van der Waals surface area contributed by atoms with Crippen LogP contribution in [0.2, 0.25) is 54.4 Å². The van der Waals surface area contributed by atoms with Gasteiger partial charge in [0.05, 0.1) is 97.0 Å². The van der Waals surface area contributed by atoms with Crippen LogP contribution in [0, 0.1) is 17.8 Å². The molecule has 0 radical (unpaired) electrons. The summed E-state index contributed by atoms with van der Waals surface area (Å²) in [5, 5.41) is -0.243. The number of ketones is 1. The highest BCUT2D eigenvalue weighted by Gasteiger charge is 2.55. The molecule has 6 aliphatic heterocycles. The summed E-state index contributed by atoms with van der Waals surface area (Å²) in [4.78, 5) is 55.5. The number of nitrogens with zero attached hydrogens (tertiary/aromatic N) is 1. The van der Waals surface area contributed by atoms with Gasteiger partial charge in [-0.1, -0.05) is 124 Å². The lowest BCUT2D eigenvalue weighted by molar-refractivity contribution is -0.251. The van der Waals surface area contributed by atoms with Crippen molar-refractivity contribution in [2.45, 2.75) is 293 Å². The van der Waals surface area contributed by atoms with E-state index in [1.54, 1.807) is 31.4 Å². The van der Waals surface area contributed by atoms with Gasteiger partial charge >= 0.3 is 0 Å². The minimum absolute atomic E-state index is 0.00864. The molecule has 1 aromatic carbocycles. The first kappa shape index (κ1) is 70.4. The standard InChI is InChI=1S/C67H108INO13Si3/c1-41-34-47(27-29-53-42(2)35-46(75-53)24-23-33-70)76-56(43(41)3)39-57-52(61(74-14)58(78-57)38-49(80-83(15,16)65(5,6)7)40-69-63(72)50-25-21-22-26-51(50)64(69)73)37-45(71)36-48-28-30-54-59(77-48)44(4)60(82-85(19,20)67(11,12)13)62(79-54)55(31-32-68)81-84(17,18)66(8,9)10/h21-22,25-26,31-33,41,44,46-49,52-62H,2-3,23-24,27-30,34-40H2,1,4-20H3/b32-31+/t41-,44+,46+,47+,48?,49+,52+,53?,54+,55+,56?,57+,58?,59-,60+,61-,62?/m1/s1. The van der Waals surface area contributed by atoms with Crippen LogP contribution in [0.15, 0.2) is 58.7 Å². The third-order valence-corrected chi connectivity index (χ3v) is 35.1. The van der Waals surface area contributed by atoms with Gasteiger partial charge in [0, 0.05) is 51.0 Å². The van der Waals surface area contributed by atoms with Crippen molar-refractivity contribution in [2.24, 2.45) is 17.8 Å². The monoisotopic (exact) mass is 1350 g/mol. The van der Waals surface area contributed by atoms with Gasteiger partial charge in [-0.25, -0.2) is 0 Å². The number of carbonyl (C=O) groups is 4. The van der Waals surface area contributed by atoms with Gasteiger partial charge < -0.3 is 46.5 Å². The van der Waals surface area contributed by atoms with Crippen LogP contribution in [0.3, 0.4) is 0 Å². The van der Waals surface area contributed by atoms with Gasteiger partial charge in [0.15, 0.2) is 25.0 Å². The van der Waals surface area contributed by atoms with Crippen molar-refractivity contribution in [3.63, 3.8) is 0 Å². The maximum absolute atomic E-state index is 15.1. The van der Waals surface area contributed by atoms with Crippen molar-refractivity contribution in [3.05, 3.63) is 69.9 Å². The highest BCUT2D eigenvalue weighted by atomic mass is 127. The zero-order valence-corrected chi connectivity index (χ0v) is 60.3. The number of ether oxygens (including phenoxy) is 6. The summed E-state index contributed by atoms with van der Waals surface area (Å²) in [5.41, 5.74) is 2.84. The molecule has 18 heteroatoms. The molecule has 478 valence electrons. The molecule has 0 bridgehead atoms. The minimum atomic E-state index is -2.51. The Balaban J connectivity index is 1.14. The lowest BCUT2D eigenvalue weighted by Gasteiger charge is -2.54. The number of hydrogen-bond acceptors (Lipinski definition) is 13. The van der Waals surface area contributed by atoms with Crippen LogP contribution in [0.25, 0.3) is 0 Å². The van der Waals surface area contributed by atoms with Gasteiger partial charge in [0.25, 0.3) is 11.8 Å². The first-order valence-electron chi connectivity index (χ1n) is 31.9. The zero-order valence-electron chi connectivity index (χ0n) is 55.1. The number of imide groups is 1. The molecule has 6 heterocycles. The van der Waals surface area contributed by atoms with E-state index < -0.39 is 49.4 Å². The Morgan fingerprint density at radius 3 is 1.95 bits per heavy atom. The summed E-state index contributed by atoms with van der Waals surface area (Å²) in [6.45, 7) is 47.1. The van der Waals surface area contributed by atoms with E-state index in [2.05, 4.69) is 157 Å². The number of benzene rings is 1. The number of Topliss-reactive ketones (excluding diaryl/α,β-unsaturated/α-hetero) is 1. The van der Waals surface area contributed by atoms with Crippen molar-refractivity contribution >= 4 is 71.4 Å². The fraction of sp³-hybridized carbons (Fsp3) is 0.761. The van der Waals surface area contributed by atoms with Gasteiger partial charge in [0.1, 0.15) is 18.2 Å². The van der Waals surface area contributed by atoms with E-state index in [1.165, 1.54) is 4.90 Å². The summed E-state index contributed by atoms with van der Waals surface area (Å²) in [5.74, 6) is -0.863. The first-order chi connectivity index (χ1) is 39.5. The normalized spacial score (nSPS) is 32.5. The van der Waals surface area contributed by atoms with Gasteiger partial charge in [-0.15, -0.1) is 0 Å². The lowest BCUT2D eigenvalue weighted by Crippen LogP contribution is -2.64. The molecule has 0 aliphatic carbocycles. The molecule has 1 aromatic rings. The number of fused-ring (bicyclic) bond motifs is 2. The van der Waals surface area contributed by atoms with Gasteiger partial charge in [-0.3, -0.25) is 19.3 Å². The smallest absolute Gasteiger partial charge is 0.261 e. The number of hydrogen-bond donors (Lipinski definition) is 0. The second-order valence-corrected chi connectivity index (χ2v) is 45.4. The van der Waals surface area contributed by atoms with Crippen LogP contribution in [0.5, 0.6) is 0 Å². The Hall–Kier alpha value is -2.06. The predicted molar refractivity (Wildman–Crippen MR) is 352 cm³/mol. The molecule has 0 N–H and O–H groups in total. The maximum atomic E-state index is 15.1. The Morgan fingerprint density at radius 1 is 0.753 bits per heavy atom. The largest absolute Gasteiger partial charge is 0.412 e. The summed E-state index contributed by atoms with van der Waals surface area (Å²) in [7, 11) is -5.42. The van der Waals surface area contributed by atoms with Gasteiger partial charge in [0.2, 0.25) is 0 Å². The molecule has 5 fully saturated rings. The van der Waals surface area contributed by atoms with Crippen molar-refractivity contribution < 1.29 is 60.9 Å². The molecular weight excluding hydrogens is 1240 g/mol. The number of halogens is 1. The van der Waals surface area contributed by atoms with Crippen molar-refractivity contribution in [2.75, 3.05) is 13.7 Å². The van der Waals surface area contributed by atoms with Crippen molar-refractivity contribution in [1.29, 1.82) is 0 Å². The van der Waals surface area contributed by atoms with Crippen LogP contribution in [-0.2, 0) is 51.3 Å². The first-order valence-corrected chi connectivity index (χ1v) is 41.9. The zero-order chi connectivity index (χ0) is 62.9. The molecule has 14 nitrogen and oxygen atoms in total. The molecule has 17 atom stereocenters. The molecular formula is C67H108INO13Si3. The minimum Gasteiger partial charge on any atom is -0.412 e. The molecule has 0 aromatic heterocycles. The number of methoxy groups -OCH3 is 1. The molecule has 7 rings (SSSR count). The summed E-state index contributed by atoms with van der Waals surface area (Å²) < 4.78 is 65.5. The summed E-state index contributed by atoms with van der Waals surface area (Å²) in [6.07, 6.45) is 5.57. The van der Waals surface area contributed by atoms with Crippen LogP contribution < -0.4 is 0 Å². The molecule has 6 aliphatic rings. The van der Waals surface area contributed by atoms with Crippen molar-refractivity contribution in [1.82, 2.24) is 4.90 Å². The van der Waals surface area contributed by atoms with E-state index in [0.717, 1.165) is 49.5 Å². The third-order valence-electron chi connectivity index (χ3n) is 21.2.